The summed E-state index contributed by atoms with van der Waals surface area (Å²) in [5, 5.41) is 11.4. The highest BCUT2D eigenvalue weighted by Gasteiger charge is 2.09. The van der Waals surface area contributed by atoms with Gasteiger partial charge in [-0.3, -0.25) is 9.59 Å². The normalized spacial score (nSPS) is 9.74. The average Bonchev–Trinajstić information content (AvgIpc) is 2.56. The van der Waals surface area contributed by atoms with Crippen molar-refractivity contribution in [1.29, 1.82) is 5.26 Å². The van der Waals surface area contributed by atoms with Crippen molar-refractivity contribution in [2.24, 2.45) is 0 Å². The Labute approximate surface area is 134 Å². The molecule has 2 aromatic carbocycles. The van der Waals surface area contributed by atoms with Gasteiger partial charge in [-0.25, -0.2) is 0 Å². The molecule has 0 spiro atoms. The van der Waals surface area contributed by atoms with E-state index in [1.165, 1.54) is 0 Å². The number of benzene rings is 2. The maximum atomic E-state index is 11.8. The first-order valence-electron chi connectivity index (χ1n) is 7.14. The minimum atomic E-state index is -0.455. The van der Waals surface area contributed by atoms with Crippen LogP contribution in [-0.2, 0) is 9.59 Å². The second kappa shape index (κ2) is 7.76. The van der Waals surface area contributed by atoms with Crippen LogP contribution < -0.4 is 10.1 Å². The van der Waals surface area contributed by atoms with E-state index < -0.39 is 5.97 Å². The Bertz CT molecular complexity index is 728. The first-order valence-corrected chi connectivity index (χ1v) is 7.14. The van der Waals surface area contributed by atoms with Gasteiger partial charge in [-0.05, 0) is 43.3 Å². The molecule has 5 nitrogen and oxygen atoms in total. The summed E-state index contributed by atoms with van der Waals surface area (Å²) < 4.78 is 5.15. The molecule has 0 aliphatic carbocycles. The molecule has 0 radical (unpaired) electrons. The molecule has 0 aromatic heterocycles. The number of amides is 1. The maximum Gasteiger partial charge on any atom is 0.311 e. The van der Waals surface area contributed by atoms with Crippen molar-refractivity contribution in [1.82, 2.24) is 0 Å². The van der Waals surface area contributed by atoms with Crippen LogP contribution in [0.5, 0.6) is 5.75 Å². The number of rotatable bonds is 5. The SMILES string of the molecule is Cc1ccc(OC(=O)CCC(=O)Nc2ccc(C#N)cc2)cc1. The van der Waals surface area contributed by atoms with Crippen molar-refractivity contribution in [2.45, 2.75) is 19.8 Å². The average molecular weight is 308 g/mol. The van der Waals surface area contributed by atoms with E-state index in [-0.39, 0.29) is 18.7 Å². The number of esters is 1. The van der Waals surface area contributed by atoms with Gasteiger partial charge in [0.2, 0.25) is 5.91 Å². The Morgan fingerprint density at radius 1 is 1.04 bits per heavy atom. The third-order valence-electron chi connectivity index (χ3n) is 3.11. The fourth-order valence-corrected chi connectivity index (χ4v) is 1.86. The van der Waals surface area contributed by atoms with E-state index in [1.807, 2.05) is 25.1 Å². The zero-order valence-electron chi connectivity index (χ0n) is 12.7. The summed E-state index contributed by atoms with van der Waals surface area (Å²) in [6.45, 7) is 1.94. The maximum absolute atomic E-state index is 11.8. The molecule has 2 aromatic rings. The lowest BCUT2D eigenvalue weighted by atomic mass is 10.2. The topological polar surface area (TPSA) is 79.2 Å². The summed E-state index contributed by atoms with van der Waals surface area (Å²) in [6, 6.07) is 15.6. The second-order valence-corrected chi connectivity index (χ2v) is 5.02. The van der Waals surface area contributed by atoms with Crippen LogP contribution in [0.15, 0.2) is 48.5 Å². The predicted octanol–water partition coefficient (Wildman–Crippen LogP) is 3.19. The molecular weight excluding hydrogens is 292 g/mol. The summed E-state index contributed by atoms with van der Waals surface area (Å²) in [5.41, 5.74) is 2.18. The van der Waals surface area contributed by atoms with Crippen LogP contribution in [0, 0.1) is 18.3 Å². The van der Waals surface area contributed by atoms with E-state index in [9.17, 15) is 9.59 Å². The Hall–Kier alpha value is -3.13. The van der Waals surface area contributed by atoms with Crippen LogP contribution >= 0.6 is 0 Å². The number of aryl methyl sites for hydroxylation is 1. The van der Waals surface area contributed by atoms with Gasteiger partial charge in [-0.1, -0.05) is 17.7 Å². The number of nitrogens with zero attached hydrogens (tertiary/aromatic N) is 1. The molecule has 5 heteroatoms. The lowest BCUT2D eigenvalue weighted by Gasteiger charge is -2.06. The Kier molecular flexibility index (Phi) is 5.48. The Morgan fingerprint density at radius 2 is 1.70 bits per heavy atom. The van der Waals surface area contributed by atoms with Gasteiger partial charge in [0, 0.05) is 12.1 Å². The van der Waals surface area contributed by atoms with Crippen LogP contribution in [0.2, 0.25) is 0 Å². The summed E-state index contributed by atoms with van der Waals surface area (Å²) in [5.74, 6) is -0.271. The van der Waals surface area contributed by atoms with E-state index in [4.69, 9.17) is 10.00 Å². The van der Waals surface area contributed by atoms with Gasteiger partial charge in [0.05, 0.1) is 18.1 Å². The van der Waals surface area contributed by atoms with Crippen molar-refractivity contribution >= 4 is 17.6 Å². The quantitative estimate of drug-likeness (QED) is 0.679. The van der Waals surface area contributed by atoms with Crippen LogP contribution in [0.3, 0.4) is 0 Å². The van der Waals surface area contributed by atoms with E-state index in [0.29, 0.717) is 17.0 Å². The Balaban J connectivity index is 1.78. The van der Waals surface area contributed by atoms with Crippen molar-refractivity contribution in [3.63, 3.8) is 0 Å². The van der Waals surface area contributed by atoms with Crippen molar-refractivity contribution < 1.29 is 14.3 Å². The molecule has 0 saturated heterocycles. The molecule has 0 aliphatic heterocycles. The minimum Gasteiger partial charge on any atom is -0.427 e. The third kappa shape index (κ3) is 5.29. The van der Waals surface area contributed by atoms with Crippen molar-refractivity contribution in [3.8, 4) is 11.8 Å². The lowest BCUT2D eigenvalue weighted by Crippen LogP contribution is -2.15. The molecule has 0 atom stereocenters. The largest absolute Gasteiger partial charge is 0.427 e. The lowest BCUT2D eigenvalue weighted by molar-refractivity contribution is -0.135. The molecule has 0 bridgehead atoms. The molecule has 0 heterocycles. The number of anilines is 1. The van der Waals surface area contributed by atoms with E-state index >= 15 is 0 Å². The standard InChI is InChI=1S/C18H16N2O3/c1-13-2-8-16(9-3-13)23-18(22)11-10-17(21)20-15-6-4-14(12-19)5-7-15/h2-9H,10-11H2,1H3,(H,20,21). The number of carbonyl (C=O) groups is 2. The first kappa shape index (κ1) is 16.2. The molecule has 0 aliphatic rings. The molecule has 23 heavy (non-hydrogen) atoms. The fourth-order valence-electron chi connectivity index (χ4n) is 1.86. The number of nitriles is 1. The molecule has 0 fully saturated rings. The zero-order valence-corrected chi connectivity index (χ0v) is 12.7. The number of ether oxygens (including phenoxy) is 1. The highest BCUT2D eigenvalue weighted by molar-refractivity contribution is 5.92. The summed E-state index contributed by atoms with van der Waals surface area (Å²) in [7, 11) is 0. The van der Waals surface area contributed by atoms with Gasteiger partial charge < -0.3 is 10.1 Å². The van der Waals surface area contributed by atoms with Crippen LogP contribution in [0.4, 0.5) is 5.69 Å². The minimum absolute atomic E-state index is 0.00398. The zero-order chi connectivity index (χ0) is 16.7. The van der Waals surface area contributed by atoms with Crippen molar-refractivity contribution in [3.05, 3.63) is 59.7 Å². The second-order valence-electron chi connectivity index (χ2n) is 5.02. The predicted molar refractivity (Wildman–Crippen MR) is 85.8 cm³/mol. The molecule has 2 rings (SSSR count). The summed E-state index contributed by atoms with van der Waals surface area (Å²) in [6.07, 6.45) is 0.0285. The molecule has 0 unspecified atom stereocenters. The monoisotopic (exact) mass is 308 g/mol. The highest BCUT2D eigenvalue weighted by atomic mass is 16.5. The fraction of sp³-hybridized carbons (Fsp3) is 0.167. The van der Waals surface area contributed by atoms with Gasteiger partial charge in [-0.2, -0.15) is 5.26 Å². The van der Waals surface area contributed by atoms with Crippen LogP contribution in [-0.4, -0.2) is 11.9 Å². The first-order chi connectivity index (χ1) is 11.1. The number of hydrogen-bond donors (Lipinski definition) is 1. The van der Waals surface area contributed by atoms with E-state index in [2.05, 4.69) is 5.32 Å². The number of hydrogen-bond acceptors (Lipinski definition) is 4. The number of nitrogens with one attached hydrogen (secondary N) is 1. The number of carbonyl (C=O) groups excluding carboxylic acids is 2. The van der Waals surface area contributed by atoms with Gasteiger partial charge in [0.1, 0.15) is 5.75 Å². The Morgan fingerprint density at radius 3 is 2.30 bits per heavy atom. The van der Waals surface area contributed by atoms with Crippen molar-refractivity contribution in [2.75, 3.05) is 5.32 Å². The highest BCUT2D eigenvalue weighted by Crippen LogP contribution is 2.13. The van der Waals surface area contributed by atoms with Gasteiger partial charge in [-0.15, -0.1) is 0 Å². The smallest absolute Gasteiger partial charge is 0.311 e. The summed E-state index contributed by atoms with van der Waals surface area (Å²) >= 11 is 0. The molecule has 0 saturated carbocycles. The van der Waals surface area contributed by atoms with E-state index in [1.54, 1.807) is 36.4 Å². The molecule has 1 N–H and O–H groups in total. The van der Waals surface area contributed by atoms with E-state index in [0.717, 1.165) is 5.56 Å². The van der Waals surface area contributed by atoms with Crippen LogP contribution in [0.25, 0.3) is 0 Å². The molecule has 1 amide bonds. The van der Waals surface area contributed by atoms with Gasteiger partial charge in [0.25, 0.3) is 0 Å². The summed E-state index contributed by atoms with van der Waals surface area (Å²) in [4.78, 5) is 23.5. The third-order valence-corrected chi connectivity index (χ3v) is 3.11. The molecular formula is C18H16N2O3. The van der Waals surface area contributed by atoms with Gasteiger partial charge in [0.15, 0.2) is 0 Å². The van der Waals surface area contributed by atoms with Crippen LogP contribution in [0.1, 0.15) is 24.0 Å². The molecule has 116 valence electrons. The van der Waals surface area contributed by atoms with Gasteiger partial charge >= 0.3 is 5.97 Å².